The van der Waals surface area contributed by atoms with Crippen molar-refractivity contribution in [3.63, 3.8) is 0 Å². The molecule has 4 aromatic rings. The highest BCUT2D eigenvalue weighted by molar-refractivity contribution is 5.65. The minimum atomic E-state index is -0.506. The molecule has 1 saturated heterocycles. The Balaban J connectivity index is 1.44. The van der Waals surface area contributed by atoms with Crippen molar-refractivity contribution in [1.29, 1.82) is 0 Å². The lowest BCUT2D eigenvalue weighted by Gasteiger charge is -2.44. The first-order valence-electron chi connectivity index (χ1n) is 12.7. The molecule has 2 nitrogen and oxygen atoms in total. The van der Waals surface area contributed by atoms with Gasteiger partial charge in [-0.05, 0) is 52.6 Å². The molecule has 1 saturated carbocycles. The molecular formula is C33H32O2. The van der Waals surface area contributed by atoms with E-state index in [9.17, 15) is 0 Å². The van der Waals surface area contributed by atoms with Gasteiger partial charge in [0.2, 0.25) is 0 Å². The van der Waals surface area contributed by atoms with Crippen molar-refractivity contribution < 1.29 is 9.47 Å². The summed E-state index contributed by atoms with van der Waals surface area (Å²) in [6.45, 7) is 0.758. The van der Waals surface area contributed by atoms with E-state index in [2.05, 4.69) is 109 Å². The van der Waals surface area contributed by atoms with Gasteiger partial charge in [-0.2, -0.15) is 0 Å². The smallest absolute Gasteiger partial charge is 0.174 e. The molecule has 2 heteroatoms. The van der Waals surface area contributed by atoms with Crippen LogP contribution in [-0.2, 0) is 9.47 Å². The monoisotopic (exact) mass is 460 g/mol. The highest BCUT2D eigenvalue weighted by Crippen LogP contribution is 2.64. The highest BCUT2D eigenvalue weighted by Gasteiger charge is 2.63. The molecule has 0 amide bonds. The fraction of sp³-hybridized carbons (Fsp3) is 0.273. The van der Waals surface area contributed by atoms with E-state index in [4.69, 9.17) is 9.47 Å². The van der Waals surface area contributed by atoms with E-state index in [1.807, 2.05) is 7.11 Å². The average molecular weight is 461 g/mol. The Labute approximate surface area is 208 Å². The zero-order valence-corrected chi connectivity index (χ0v) is 20.3. The average Bonchev–Trinajstić information content (AvgIpc) is 3.47. The third-order valence-electron chi connectivity index (χ3n) is 8.36. The molecule has 4 aromatic carbocycles. The first-order chi connectivity index (χ1) is 17.2. The van der Waals surface area contributed by atoms with Gasteiger partial charge in [-0.25, -0.2) is 0 Å². The van der Waals surface area contributed by atoms with Gasteiger partial charge in [0.05, 0.1) is 6.61 Å². The number of hydrogen-bond acceptors (Lipinski definition) is 2. The van der Waals surface area contributed by atoms with Gasteiger partial charge >= 0.3 is 0 Å². The fourth-order valence-corrected chi connectivity index (χ4v) is 6.71. The van der Waals surface area contributed by atoms with Crippen molar-refractivity contribution in [2.45, 2.75) is 37.4 Å². The molecule has 0 bridgehead atoms. The van der Waals surface area contributed by atoms with Gasteiger partial charge in [0.1, 0.15) is 0 Å². The molecule has 0 N–H and O–H groups in total. The van der Waals surface area contributed by atoms with Gasteiger partial charge in [-0.15, -0.1) is 0 Å². The molecule has 2 fully saturated rings. The van der Waals surface area contributed by atoms with Crippen molar-refractivity contribution in [1.82, 2.24) is 0 Å². The van der Waals surface area contributed by atoms with Gasteiger partial charge < -0.3 is 9.47 Å². The van der Waals surface area contributed by atoms with Gasteiger partial charge in [-0.1, -0.05) is 109 Å². The van der Waals surface area contributed by atoms with Crippen molar-refractivity contribution in [3.05, 3.63) is 120 Å². The zero-order valence-electron chi connectivity index (χ0n) is 20.3. The molecule has 1 aliphatic heterocycles. The molecule has 1 aliphatic carbocycles. The summed E-state index contributed by atoms with van der Waals surface area (Å²) in [5.74, 6) is -0.296. The van der Waals surface area contributed by atoms with Crippen molar-refractivity contribution in [2.24, 2.45) is 5.41 Å². The predicted octanol–water partition coefficient (Wildman–Crippen LogP) is 8.09. The molecule has 35 heavy (non-hydrogen) atoms. The Kier molecular flexibility index (Phi) is 5.80. The van der Waals surface area contributed by atoms with Crippen LogP contribution >= 0.6 is 0 Å². The van der Waals surface area contributed by atoms with Gasteiger partial charge in [0, 0.05) is 24.9 Å². The Morgan fingerprint density at radius 3 is 1.57 bits per heavy atom. The topological polar surface area (TPSA) is 18.5 Å². The predicted molar refractivity (Wildman–Crippen MR) is 142 cm³/mol. The lowest BCUT2D eigenvalue weighted by molar-refractivity contribution is -0.235. The van der Waals surface area contributed by atoms with E-state index in [1.165, 1.54) is 33.4 Å². The molecule has 0 spiro atoms. The summed E-state index contributed by atoms with van der Waals surface area (Å²) >= 11 is 0. The quantitative estimate of drug-likeness (QED) is 0.289. The normalized spacial score (nSPS) is 23.5. The number of ether oxygens (including phenoxy) is 2. The van der Waals surface area contributed by atoms with E-state index < -0.39 is 5.79 Å². The van der Waals surface area contributed by atoms with Crippen LogP contribution in [0.2, 0.25) is 0 Å². The second-order valence-electron chi connectivity index (χ2n) is 9.97. The van der Waals surface area contributed by atoms with Crippen molar-refractivity contribution in [3.8, 4) is 22.3 Å². The maximum atomic E-state index is 6.40. The van der Waals surface area contributed by atoms with Crippen molar-refractivity contribution in [2.75, 3.05) is 13.7 Å². The standard InChI is InChI=1S/C33H32O2/c1-34-33-22-8-21-32(33,23-24-35-33)31(29-17-13-27(14-18-29)25-9-4-2-5-10-25)30-19-15-28(16-20-30)26-11-6-3-7-12-26/h2-7,9-20,31H,8,21-24H2,1H3/t32-,33-/m0/s1. The maximum absolute atomic E-state index is 6.40. The van der Waals surface area contributed by atoms with Crippen LogP contribution < -0.4 is 0 Å². The van der Waals surface area contributed by atoms with Crippen LogP contribution in [0.1, 0.15) is 42.7 Å². The van der Waals surface area contributed by atoms with Gasteiger partial charge in [0.25, 0.3) is 0 Å². The number of fused-ring (bicyclic) bond motifs is 1. The van der Waals surface area contributed by atoms with Gasteiger partial charge in [0.15, 0.2) is 5.79 Å². The minimum Gasteiger partial charge on any atom is -0.353 e. The van der Waals surface area contributed by atoms with Crippen LogP contribution in [0.25, 0.3) is 22.3 Å². The van der Waals surface area contributed by atoms with E-state index in [0.717, 1.165) is 32.3 Å². The summed E-state index contributed by atoms with van der Waals surface area (Å²) in [5, 5.41) is 0. The summed E-state index contributed by atoms with van der Waals surface area (Å²) < 4.78 is 12.6. The van der Waals surface area contributed by atoms with Crippen molar-refractivity contribution >= 4 is 0 Å². The molecule has 2 aliphatic rings. The van der Waals surface area contributed by atoms with E-state index in [0.29, 0.717) is 0 Å². The fourth-order valence-electron chi connectivity index (χ4n) is 6.71. The molecule has 2 atom stereocenters. The van der Waals surface area contributed by atoms with Crippen LogP contribution in [0, 0.1) is 5.41 Å². The molecular weight excluding hydrogens is 428 g/mol. The second kappa shape index (κ2) is 9.11. The Hall–Kier alpha value is -3.20. The molecule has 0 radical (unpaired) electrons. The van der Waals surface area contributed by atoms with E-state index >= 15 is 0 Å². The summed E-state index contributed by atoms with van der Waals surface area (Å²) in [6.07, 6.45) is 4.23. The lowest BCUT2D eigenvalue weighted by Crippen LogP contribution is -2.46. The first-order valence-corrected chi connectivity index (χ1v) is 12.7. The maximum Gasteiger partial charge on any atom is 0.174 e. The molecule has 176 valence electrons. The molecule has 1 heterocycles. The number of rotatable bonds is 6. The van der Waals surface area contributed by atoms with Crippen LogP contribution in [0.5, 0.6) is 0 Å². The van der Waals surface area contributed by atoms with E-state index in [-0.39, 0.29) is 11.3 Å². The SMILES string of the molecule is CO[C@]12CCC[C@@]1(C(c1ccc(-c3ccccc3)cc1)c1ccc(-c3ccccc3)cc1)CCO2. The minimum absolute atomic E-state index is 0.0652. The zero-order chi connectivity index (χ0) is 23.7. The summed E-state index contributed by atoms with van der Waals surface area (Å²) in [5.41, 5.74) is 7.60. The summed E-state index contributed by atoms with van der Waals surface area (Å²) in [6, 6.07) is 39.6. The van der Waals surface area contributed by atoms with Crippen LogP contribution in [-0.4, -0.2) is 19.5 Å². The molecule has 0 aromatic heterocycles. The Morgan fingerprint density at radius 2 is 1.09 bits per heavy atom. The summed E-state index contributed by atoms with van der Waals surface area (Å²) in [7, 11) is 1.83. The van der Waals surface area contributed by atoms with Crippen LogP contribution in [0.15, 0.2) is 109 Å². The molecule has 6 rings (SSSR count). The Morgan fingerprint density at radius 1 is 0.600 bits per heavy atom. The first kappa shape index (κ1) is 22.3. The molecule has 0 unspecified atom stereocenters. The largest absolute Gasteiger partial charge is 0.353 e. The second-order valence-corrected chi connectivity index (χ2v) is 9.97. The number of benzene rings is 4. The highest BCUT2D eigenvalue weighted by atomic mass is 16.7. The lowest BCUT2D eigenvalue weighted by atomic mass is 9.64. The number of methoxy groups -OCH3 is 1. The third kappa shape index (κ3) is 3.73. The summed E-state index contributed by atoms with van der Waals surface area (Å²) in [4.78, 5) is 0. The van der Waals surface area contributed by atoms with Crippen LogP contribution in [0.4, 0.5) is 0 Å². The number of hydrogen-bond donors (Lipinski definition) is 0. The van der Waals surface area contributed by atoms with Crippen LogP contribution in [0.3, 0.4) is 0 Å². The van der Waals surface area contributed by atoms with Gasteiger partial charge in [-0.3, -0.25) is 0 Å². The Bertz CT molecular complexity index is 1170. The third-order valence-corrected chi connectivity index (χ3v) is 8.36. The van der Waals surface area contributed by atoms with E-state index in [1.54, 1.807) is 0 Å².